The van der Waals surface area contributed by atoms with E-state index in [0.29, 0.717) is 23.6 Å². The lowest BCUT2D eigenvalue weighted by atomic mass is 9.89. The summed E-state index contributed by atoms with van der Waals surface area (Å²) in [5.74, 6) is 0.492. The molecule has 0 heterocycles. The topological polar surface area (TPSA) is 32.3 Å². The highest BCUT2D eigenvalue weighted by atomic mass is 19.1. The molecule has 0 spiro atoms. The molecule has 1 N–H and O–H groups in total. The van der Waals surface area contributed by atoms with Gasteiger partial charge in [-0.05, 0) is 49.1 Å². The van der Waals surface area contributed by atoms with Crippen LogP contribution >= 0.6 is 0 Å². The number of carbonyl (C=O) groups excluding carboxylic acids is 1. The van der Waals surface area contributed by atoms with E-state index >= 15 is 0 Å². The van der Waals surface area contributed by atoms with Gasteiger partial charge in [-0.25, -0.2) is 4.39 Å². The third kappa shape index (κ3) is 4.84. The Hall–Kier alpha value is -2.36. The highest BCUT2D eigenvalue weighted by Gasteiger charge is 2.19. The summed E-state index contributed by atoms with van der Waals surface area (Å²) in [4.78, 5) is 14.5. The molecule has 1 amide bonds. The Kier molecular flexibility index (Phi) is 6.26. The van der Waals surface area contributed by atoms with Crippen LogP contribution in [0.3, 0.4) is 0 Å². The highest BCUT2D eigenvalue weighted by molar-refractivity contribution is 5.94. The number of benzene rings is 2. The molecule has 3 nitrogen and oxygen atoms in total. The Morgan fingerprint density at radius 1 is 1.08 bits per heavy atom. The Morgan fingerprint density at radius 3 is 2.46 bits per heavy atom. The number of halogens is 1. The normalized spacial score (nSPS) is 14.8. The van der Waals surface area contributed by atoms with Crippen molar-refractivity contribution in [1.29, 1.82) is 0 Å². The van der Waals surface area contributed by atoms with E-state index in [4.69, 9.17) is 0 Å². The fourth-order valence-electron chi connectivity index (χ4n) is 3.63. The summed E-state index contributed by atoms with van der Waals surface area (Å²) in [6.45, 7) is 1.26. The van der Waals surface area contributed by atoms with Crippen molar-refractivity contribution in [2.75, 3.05) is 18.9 Å². The third-order valence-corrected chi connectivity index (χ3v) is 5.18. The van der Waals surface area contributed by atoms with Crippen LogP contribution in [0.15, 0.2) is 48.5 Å². The highest BCUT2D eigenvalue weighted by Crippen LogP contribution is 2.24. The Labute approximate surface area is 155 Å². The molecule has 0 aliphatic heterocycles. The molecular formula is C22H27FN2O. The first kappa shape index (κ1) is 18.4. The fourth-order valence-corrected chi connectivity index (χ4v) is 3.63. The van der Waals surface area contributed by atoms with Gasteiger partial charge < -0.3 is 10.2 Å². The number of anilines is 1. The van der Waals surface area contributed by atoms with Gasteiger partial charge in [0.05, 0.1) is 0 Å². The van der Waals surface area contributed by atoms with Gasteiger partial charge >= 0.3 is 0 Å². The molecule has 0 aromatic heterocycles. The van der Waals surface area contributed by atoms with Crippen molar-refractivity contribution < 1.29 is 9.18 Å². The molecule has 0 saturated heterocycles. The number of nitrogens with one attached hydrogen (secondary N) is 1. The average Bonchev–Trinajstić information content (AvgIpc) is 2.68. The van der Waals surface area contributed by atoms with Crippen molar-refractivity contribution >= 4 is 11.6 Å². The van der Waals surface area contributed by atoms with Crippen molar-refractivity contribution in [3.63, 3.8) is 0 Å². The van der Waals surface area contributed by atoms with Crippen molar-refractivity contribution in [2.45, 2.75) is 38.6 Å². The average molecular weight is 354 g/mol. The summed E-state index contributed by atoms with van der Waals surface area (Å²) < 4.78 is 13.7. The van der Waals surface area contributed by atoms with Crippen LogP contribution in [0, 0.1) is 11.7 Å². The maximum atomic E-state index is 13.7. The van der Waals surface area contributed by atoms with Gasteiger partial charge in [-0.2, -0.15) is 0 Å². The smallest absolute Gasteiger partial charge is 0.253 e. The van der Waals surface area contributed by atoms with E-state index in [2.05, 4.69) is 5.32 Å². The van der Waals surface area contributed by atoms with Crippen LogP contribution in [0.4, 0.5) is 10.1 Å². The molecule has 1 aliphatic carbocycles. The van der Waals surface area contributed by atoms with E-state index in [1.54, 1.807) is 12.1 Å². The minimum Gasteiger partial charge on any atom is -0.381 e. The van der Waals surface area contributed by atoms with Gasteiger partial charge in [0.25, 0.3) is 5.91 Å². The van der Waals surface area contributed by atoms with E-state index in [1.165, 1.54) is 38.2 Å². The number of nitrogens with zero attached hydrogens (tertiary/aromatic N) is 1. The summed E-state index contributed by atoms with van der Waals surface area (Å²) in [5.41, 5.74) is 2.19. The summed E-state index contributed by atoms with van der Waals surface area (Å²) in [7, 11) is 1.89. The lowest BCUT2D eigenvalue weighted by Crippen LogP contribution is -2.32. The fraction of sp³-hybridized carbons (Fsp3) is 0.409. The van der Waals surface area contributed by atoms with Crippen LogP contribution < -0.4 is 5.32 Å². The van der Waals surface area contributed by atoms with Crippen molar-refractivity contribution in [2.24, 2.45) is 5.92 Å². The summed E-state index contributed by atoms with van der Waals surface area (Å²) in [6, 6.07) is 14.2. The molecule has 1 saturated carbocycles. The van der Waals surface area contributed by atoms with E-state index in [0.717, 1.165) is 12.2 Å². The lowest BCUT2D eigenvalue weighted by molar-refractivity contribution is 0.0760. The molecule has 1 aliphatic rings. The molecular weight excluding hydrogens is 327 g/mol. The van der Waals surface area contributed by atoms with Gasteiger partial charge in [0.2, 0.25) is 0 Å². The zero-order valence-electron chi connectivity index (χ0n) is 15.4. The van der Waals surface area contributed by atoms with Crippen LogP contribution in [0.25, 0.3) is 0 Å². The van der Waals surface area contributed by atoms with Crippen molar-refractivity contribution in [1.82, 2.24) is 4.90 Å². The molecule has 0 radical (unpaired) electrons. The molecule has 1 fully saturated rings. The Morgan fingerprint density at radius 2 is 1.77 bits per heavy atom. The van der Waals surface area contributed by atoms with Crippen LogP contribution in [0.5, 0.6) is 0 Å². The first-order chi connectivity index (χ1) is 12.6. The van der Waals surface area contributed by atoms with E-state index in [9.17, 15) is 9.18 Å². The zero-order valence-corrected chi connectivity index (χ0v) is 15.4. The van der Waals surface area contributed by atoms with Crippen LogP contribution in [0.1, 0.15) is 48.0 Å². The quantitative estimate of drug-likeness (QED) is 0.784. The molecule has 138 valence electrons. The van der Waals surface area contributed by atoms with Gasteiger partial charge in [0.15, 0.2) is 0 Å². The first-order valence-electron chi connectivity index (χ1n) is 9.46. The molecule has 4 heteroatoms. The molecule has 0 atom stereocenters. The summed E-state index contributed by atoms with van der Waals surface area (Å²) in [6.07, 6.45) is 6.37. The van der Waals surface area contributed by atoms with E-state index in [1.807, 2.05) is 42.3 Å². The first-order valence-corrected chi connectivity index (χ1v) is 9.46. The van der Waals surface area contributed by atoms with Crippen LogP contribution in [-0.2, 0) is 6.54 Å². The number of hydrogen-bond acceptors (Lipinski definition) is 2. The predicted octanol–water partition coefficient (Wildman–Crippen LogP) is 5.09. The molecule has 26 heavy (non-hydrogen) atoms. The Balaban J connectivity index is 1.54. The summed E-state index contributed by atoms with van der Waals surface area (Å²) >= 11 is 0. The lowest BCUT2D eigenvalue weighted by Gasteiger charge is -2.27. The number of amides is 1. The van der Waals surface area contributed by atoms with Gasteiger partial charge in [0.1, 0.15) is 5.82 Å². The standard InChI is InChI=1S/C22H27FN2O/c1-25(16-17-7-3-2-4-8-17)22(26)18-11-13-20(14-12-18)24-15-19-9-5-6-10-21(19)23/h5-6,9-14,17,24H,2-4,7-8,15-16H2,1H3. The largest absolute Gasteiger partial charge is 0.381 e. The monoisotopic (exact) mass is 354 g/mol. The second-order valence-corrected chi connectivity index (χ2v) is 7.21. The van der Waals surface area contributed by atoms with E-state index < -0.39 is 0 Å². The molecule has 0 bridgehead atoms. The SMILES string of the molecule is CN(CC1CCCCC1)C(=O)c1ccc(NCc2ccccc2F)cc1. The molecule has 0 unspecified atom stereocenters. The van der Waals surface area contributed by atoms with Crippen molar-refractivity contribution in [3.8, 4) is 0 Å². The Bertz CT molecular complexity index is 723. The number of rotatable bonds is 6. The van der Waals surface area contributed by atoms with Gasteiger partial charge in [0, 0.05) is 37.0 Å². The minimum atomic E-state index is -0.212. The number of hydrogen-bond donors (Lipinski definition) is 1. The van der Waals surface area contributed by atoms with Crippen LogP contribution in [0.2, 0.25) is 0 Å². The maximum absolute atomic E-state index is 13.7. The second-order valence-electron chi connectivity index (χ2n) is 7.21. The molecule has 2 aromatic rings. The predicted molar refractivity (Wildman–Crippen MR) is 104 cm³/mol. The van der Waals surface area contributed by atoms with E-state index in [-0.39, 0.29) is 11.7 Å². The minimum absolute atomic E-state index is 0.0660. The van der Waals surface area contributed by atoms with Gasteiger partial charge in [-0.1, -0.05) is 37.5 Å². The van der Waals surface area contributed by atoms with Gasteiger partial charge in [-0.15, -0.1) is 0 Å². The third-order valence-electron chi connectivity index (χ3n) is 5.18. The zero-order chi connectivity index (χ0) is 18.4. The van der Waals surface area contributed by atoms with Crippen molar-refractivity contribution in [3.05, 3.63) is 65.5 Å². The maximum Gasteiger partial charge on any atom is 0.253 e. The molecule has 3 rings (SSSR count). The molecule has 2 aromatic carbocycles. The van der Waals surface area contributed by atoms with Gasteiger partial charge in [-0.3, -0.25) is 4.79 Å². The summed E-state index contributed by atoms with van der Waals surface area (Å²) in [5, 5.41) is 3.20. The van der Waals surface area contributed by atoms with Crippen LogP contribution in [-0.4, -0.2) is 24.4 Å². The second kappa shape index (κ2) is 8.84. The number of carbonyl (C=O) groups is 1.